The maximum Gasteiger partial charge on any atom is 0.112 e. The minimum Gasteiger partial charge on any atom is -0.383 e. The molecule has 1 nitrogen and oxygen atoms in total. The van der Waals surface area contributed by atoms with E-state index in [9.17, 15) is 5.11 Å². The van der Waals surface area contributed by atoms with Gasteiger partial charge in [0.05, 0.1) is 0 Å². The van der Waals surface area contributed by atoms with Crippen LogP contribution in [0.3, 0.4) is 0 Å². The van der Waals surface area contributed by atoms with Crippen molar-refractivity contribution < 1.29 is 5.11 Å². The molecule has 0 saturated carbocycles. The standard InChI is InChI=1S/C17H16O/c1-2-9-16(14-10-5-3-6-11-14)17(18)15-12-7-4-8-13-15/h2-8,10-13,17-18H,1H3. The second-order valence-corrected chi connectivity index (χ2v) is 4.03. The monoisotopic (exact) mass is 236 g/mol. The fourth-order valence-electron chi connectivity index (χ4n) is 1.90. The summed E-state index contributed by atoms with van der Waals surface area (Å²) in [5.41, 5.74) is 5.81. The molecule has 0 aliphatic rings. The van der Waals surface area contributed by atoms with E-state index in [1.54, 1.807) is 0 Å². The van der Waals surface area contributed by atoms with Crippen LogP contribution in [0.2, 0.25) is 0 Å². The van der Waals surface area contributed by atoms with Crippen LogP contribution in [-0.4, -0.2) is 5.11 Å². The molecule has 0 fully saturated rings. The van der Waals surface area contributed by atoms with Crippen LogP contribution in [0.4, 0.5) is 0 Å². The molecule has 2 aromatic rings. The van der Waals surface area contributed by atoms with Gasteiger partial charge < -0.3 is 5.11 Å². The van der Waals surface area contributed by atoms with Crippen LogP contribution in [0.25, 0.3) is 5.57 Å². The smallest absolute Gasteiger partial charge is 0.112 e. The summed E-state index contributed by atoms with van der Waals surface area (Å²) in [7, 11) is 0. The normalized spacial score (nSPS) is 11.4. The number of benzene rings is 2. The summed E-state index contributed by atoms with van der Waals surface area (Å²) < 4.78 is 0. The van der Waals surface area contributed by atoms with Gasteiger partial charge in [-0.3, -0.25) is 0 Å². The fraction of sp³-hybridized carbons (Fsp3) is 0.118. The second-order valence-electron chi connectivity index (χ2n) is 4.03. The van der Waals surface area contributed by atoms with Crippen molar-refractivity contribution in [2.24, 2.45) is 0 Å². The minimum atomic E-state index is -0.648. The third kappa shape index (κ3) is 2.78. The molecule has 0 aromatic heterocycles. The maximum atomic E-state index is 10.4. The molecule has 1 heteroatoms. The van der Waals surface area contributed by atoms with E-state index in [4.69, 9.17) is 0 Å². The van der Waals surface area contributed by atoms with Gasteiger partial charge in [0.1, 0.15) is 6.10 Å². The molecule has 0 amide bonds. The van der Waals surface area contributed by atoms with Gasteiger partial charge in [-0.15, -0.1) is 5.73 Å². The Morgan fingerprint density at radius 1 is 1.00 bits per heavy atom. The highest BCUT2D eigenvalue weighted by molar-refractivity contribution is 5.69. The molecule has 0 aliphatic heterocycles. The van der Waals surface area contributed by atoms with Crippen LogP contribution in [-0.2, 0) is 0 Å². The van der Waals surface area contributed by atoms with Gasteiger partial charge in [0.2, 0.25) is 0 Å². The minimum absolute atomic E-state index is 0.648. The lowest BCUT2D eigenvalue weighted by Crippen LogP contribution is -2.00. The summed E-state index contributed by atoms with van der Waals surface area (Å²) in [5, 5.41) is 10.4. The topological polar surface area (TPSA) is 20.2 Å². The quantitative estimate of drug-likeness (QED) is 0.799. The van der Waals surface area contributed by atoms with Crippen molar-refractivity contribution in [1.82, 2.24) is 0 Å². The summed E-state index contributed by atoms with van der Waals surface area (Å²) in [6.45, 7) is 1.90. The average molecular weight is 236 g/mol. The lowest BCUT2D eigenvalue weighted by atomic mass is 9.96. The molecule has 0 saturated heterocycles. The number of aliphatic hydroxyl groups excluding tert-OH is 1. The molecular formula is C17H16O. The predicted octanol–water partition coefficient (Wildman–Crippen LogP) is 3.98. The van der Waals surface area contributed by atoms with Gasteiger partial charge in [-0.1, -0.05) is 60.7 Å². The van der Waals surface area contributed by atoms with Crippen molar-refractivity contribution in [3.8, 4) is 0 Å². The molecule has 1 atom stereocenters. The highest BCUT2D eigenvalue weighted by Gasteiger charge is 2.14. The van der Waals surface area contributed by atoms with Crippen molar-refractivity contribution in [1.29, 1.82) is 0 Å². The first-order chi connectivity index (χ1) is 8.83. The van der Waals surface area contributed by atoms with Crippen LogP contribution < -0.4 is 0 Å². The van der Waals surface area contributed by atoms with Crippen molar-refractivity contribution in [2.75, 3.05) is 0 Å². The second kappa shape index (κ2) is 6.02. The SMILES string of the molecule is CC=C=C(c1ccccc1)C(O)c1ccccc1. The van der Waals surface area contributed by atoms with Gasteiger partial charge in [0, 0.05) is 5.57 Å². The first-order valence-corrected chi connectivity index (χ1v) is 6.02. The number of hydrogen-bond donors (Lipinski definition) is 1. The molecule has 0 bridgehead atoms. The van der Waals surface area contributed by atoms with Gasteiger partial charge in [0.25, 0.3) is 0 Å². The van der Waals surface area contributed by atoms with Crippen LogP contribution in [0.5, 0.6) is 0 Å². The molecule has 0 aliphatic carbocycles. The van der Waals surface area contributed by atoms with E-state index in [1.807, 2.05) is 73.7 Å². The summed E-state index contributed by atoms with van der Waals surface area (Å²) in [6, 6.07) is 19.5. The number of aliphatic hydroxyl groups is 1. The van der Waals surface area contributed by atoms with E-state index in [0.29, 0.717) is 0 Å². The van der Waals surface area contributed by atoms with E-state index in [2.05, 4.69) is 5.73 Å². The van der Waals surface area contributed by atoms with E-state index >= 15 is 0 Å². The van der Waals surface area contributed by atoms with Crippen LogP contribution in [0.15, 0.2) is 72.5 Å². The zero-order valence-electron chi connectivity index (χ0n) is 10.4. The van der Waals surface area contributed by atoms with Gasteiger partial charge in [-0.25, -0.2) is 0 Å². The van der Waals surface area contributed by atoms with Crippen LogP contribution in [0, 0.1) is 0 Å². The fourth-order valence-corrected chi connectivity index (χ4v) is 1.90. The average Bonchev–Trinajstić information content (AvgIpc) is 2.46. The molecule has 0 radical (unpaired) electrons. The Hall–Kier alpha value is -2.08. The summed E-state index contributed by atoms with van der Waals surface area (Å²) in [5.74, 6) is 0. The lowest BCUT2D eigenvalue weighted by molar-refractivity contribution is 0.238. The van der Waals surface area contributed by atoms with Gasteiger partial charge in [0.15, 0.2) is 0 Å². The Morgan fingerprint density at radius 3 is 2.11 bits per heavy atom. The largest absolute Gasteiger partial charge is 0.383 e. The third-order valence-corrected chi connectivity index (χ3v) is 2.77. The zero-order valence-corrected chi connectivity index (χ0v) is 10.4. The first kappa shape index (κ1) is 12.4. The van der Waals surface area contributed by atoms with Gasteiger partial charge in [-0.2, -0.15) is 0 Å². The van der Waals surface area contributed by atoms with E-state index in [1.165, 1.54) is 0 Å². The van der Waals surface area contributed by atoms with E-state index in [0.717, 1.165) is 16.7 Å². The zero-order chi connectivity index (χ0) is 12.8. The van der Waals surface area contributed by atoms with Crippen LogP contribution >= 0.6 is 0 Å². The molecule has 2 rings (SSSR count). The lowest BCUT2D eigenvalue weighted by Gasteiger charge is -2.13. The van der Waals surface area contributed by atoms with Crippen molar-refractivity contribution in [2.45, 2.75) is 13.0 Å². The highest BCUT2D eigenvalue weighted by atomic mass is 16.3. The molecule has 0 spiro atoms. The molecule has 90 valence electrons. The number of hydrogen-bond acceptors (Lipinski definition) is 1. The van der Waals surface area contributed by atoms with E-state index < -0.39 is 6.10 Å². The predicted molar refractivity (Wildman–Crippen MR) is 75.0 cm³/mol. The Labute approximate surface area is 108 Å². The molecular weight excluding hydrogens is 220 g/mol. The highest BCUT2D eigenvalue weighted by Crippen LogP contribution is 2.28. The van der Waals surface area contributed by atoms with E-state index in [-0.39, 0.29) is 0 Å². The van der Waals surface area contributed by atoms with Crippen LogP contribution in [0.1, 0.15) is 24.2 Å². The molecule has 18 heavy (non-hydrogen) atoms. The van der Waals surface area contributed by atoms with Crippen molar-refractivity contribution in [3.05, 3.63) is 83.6 Å². The Morgan fingerprint density at radius 2 is 1.56 bits per heavy atom. The first-order valence-electron chi connectivity index (χ1n) is 6.02. The Bertz CT molecular complexity index is 549. The maximum absolute atomic E-state index is 10.4. The number of rotatable bonds is 3. The molecule has 1 N–H and O–H groups in total. The van der Waals surface area contributed by atoms with Crippen molar-refractivity contribution >= 4 is 5.57 Å². The summed E-state index contributed by atoms with van der Waals surface area (Å²) in [4.78, 5) is 0. The summed E-state index contributed by atoms with van der Waals surface area (Å²) in [6.07, 6.45) is 1.18. The molecule has 1 unspecified atom stereocenters. The van der Waals surface area contributed by atoms with Gasteiger partial charge >= 0.3 is 0 Å². The summed E-state index contributed by atoms with van der Waals surface area (Å²) >= 11 is 0. The molecule has 2 aromatic carbocycles. The third-order valence-electron chi connectivity index (χ3n) is 2.77. The molecule has 0 heterocycles. The van der Waals surface area contributed by atoms with Gasteiger partial charge in [-0.05, 0) is 24.1 Å². The Kier molecular flexibility index (Phi) is 4.14. The Balaban J connectivity index is 2.42. The van der Waals surface area contributed by atoms with Crippen molar-refractivity contribution in [3.63, 3.8) is 0 Å².